The summed E-state index contributed by atoms with van der Waals surface area (Å²) in [6.07, 6.45) is 5.88. The topological polar surface area (TPSA) is 43.8 Å². The van der Waals surface area contributed by atoms with Crippen molar-refractivity contribution >= 4 is 5.91 Å². The van der Waals surface area contributed by atoms with Crippen molar-refractivity contribution in [3.63, 3.8) is 0 Å². The molecular formula is C32H38N2O2. The highest BCUT2D eigenvalue weighted by Gasteiger charge is 2.38. The molecule has 2 fully saturated rings. The van der Waals surface area contributed by atoms with Crippen LogP contribution >= 0.6 is 0 Å². The molecule has 3 aromatic rings. The fraction of sp³-hybridized carbons (Fsp3) is 0.406. The van der Waals surface area contributed by atoms with Crippen LogP contribution in [0, 0.1) is 12.8 Å². The number of carbonyl (C=O) groups excluding carboxylic acids is 1. The Labute approximate surface area is 215 Å². The third-order valence-electron chi connectivity index (χ3n) is 8.22. The van der Waals surface area contributed by atoms with E-state index in [9.17, 15) is 9.90 Å². The predicted octanol–water partition coefficient (Wildman–Crippen LogP) is 6.39. The highest BCUT2D eigenvalue weighted by molar-refractivity contribution is 5.94. The second-order valence-corrected chi connectivity index (χ2v) is 10.7. The average molecular weight is 483 g/mol. The Balaban J connectivity index is 1.43. The first-order chi connectivity index (χ1) is 17.6. The maximum absolute atomic E-state index is 13.8. The molecule has 188 valence electrons. The van der Waals surface area contributed by atoms with Gasteiger partial charge in [0.2, 0.25) is 0 Å². The number of rotatable bonds is 7. The Morgan fingerprint density at radius 3 is 2.33 bits per heavy atom. The second kappa shape index (κ2) is 11.3. The Kier molecular flexibility index (Phi) is 7.72. The van der Waals surface area contributed by atoms with Gasteiger partial charge >= 0.3 is 0 Å². The van der Waals surface area contributed by atoms with Gasteiger partial charge in [-0.25, -0.2) is 0 Å². The van der Waals surface area contributed by atoms with Crippen LogP contribution < -0.4 is 0 Å². The summed E-state index contributed by atoms with van der Waals surface area (Å²) in [5.41, 5.74) is 4.46. The molecule has 1 amide bonds. The van der Waals surface area contributed by atoms with Crippen molar-refractivity contribution in [1.29, 1.82) is 0 Å². The van der Waals surface area contributed by atoms with Crippen molar-refractivity contribution in [1.82, 2.24) is 9.80 Å². The van der Waals surface area contributed by atoms with Gasteiger partial charge in [-0.3, -0.25) is 9.69 Å². The molecule has 2 atom stereocenters. The zero-order chi connectivity index (χ0) is 24.9. The third kappa shape index (κ3) is 5.49. The SMILES string of the molecule is Cc1ccccc1[C@@H]1CN(Cc2ccccc2O)C[C@H]1CN(C(=O)c1ccccc1)C1CCCCC1. The van der Waals surface area contributed by atoms with Gasteiger partial charge in [0.1, 0.15) is 5.75 Å². The van der Waals surface area contributed by atoms with E-state index in [0.29, 0.717) is 23.6 Å². The molecule has 1 aliphatic carbocycles. The zero-order valence-electron chi connectivity index (χ0n) is 21.4. The Morgan fingerprint density at radius 1 is 0.889 bits per heavy atom. The van der Waals surface area contributed by atoms with Gasteiger partial charge in [0, 0.05) is 49.3 Å². The van der Waals surface area contributed by atoms with E-state index in [2.05, 4.69) is 41.0 Å². The van der Waals surface area contributed by atoms with Crippen molar-refractivity contribution in [2.45, 2.75) is 57.5 Å². The number of hydrogen-bond donors (Lipinski definition) is 1. The molecule has 4 heteroatoms. The fourth-order valence-electron chi connectivity index (χ4n) is 6.30. The lowest BCUT2D eigenvalue weighted by Crippen LogP contribution is -2.45. The molecular weight excluding hydrogens is 444 g/mol. The fourth-order valence-corrected chi connectivity index (χ4v) is 6.30. The summed E-state index contributed by atoms with van der Waals surface area (Å²) in [7, 11) is 0. The van der Waals surface area contributed by atoms with Gasteiger partial charge < -0.3 is 10.0 Å². The van der Waals surface area contributed by atoms with Crippen molar-refractivity contribution in [2.24, 2.45) is 5.92 Å². The smallest absolute Gasteiger partial charge is 0.254 e. The maximum Gasteiger partial charge on any atom is 0.254 e. The van der Waals surface area contributed by atoms with Crippen LogP contribution in [0.1, 0.15) is 65.1 Å². The van der Waals surface area contributed by atoms with E-state index >= 15 is 0 Å². The van der Waals surface area contributed by atoms with E-state index in [-0.39, 0.29) is 5.91 Å². The summed E-state index contributed by atoms with van der Waals surface area (Å²) in [6, 6.07) is 26.5. The number of carbonyl (C=O) groups is 1. The molecule has 0 radical (unpaired) electrons. The van der Waals surface area contributed by atoms with E-state index < -0.39 is 0 Å². The molecule has 1 saturated heterocycles. The van der Waals surface area contributed by atoms with Crippen LogP contribution in [0.3, 0.4) is 0 Å². The quantitative estimate of drug-likeness (QED) is 0.424. The van der Waals surface area contributed by atoms with E-state index in [1.54, 1.807) is 6.07 Å². The standard InChI is InChI=1S/C32H38N2O2/c1-24-12-8-10-18-29(24)30-23-33(20-26-15-9-11-19-31(26)35)21-27(30)22-34(28-16-6-3-7-17-28)32(36)25-13-4-2-5-14-25/h2,4-5,8-15,18-19,27-28,30,35H,3,6-7,16-17,20-23H2,1H3/t27-,30+/m0/s1. The number of hydrogen-bond acceptors (Lipinski definition) is 3. The van der Waals surface area contributed by atoms with Crippen molar-refractivity contribution in [3.05, 3.63) is 101 Å². The van der Waals surface area contributed by atoms with Crippen molar-refractivity contribution in [3.8, 4) is 5.75 Å². The van der Waals surface area contributed by atoms with Crippen LogP contribution in [0.2, 0.25) is 0 Å². The number of phenols is 1. The number of aromatic hydroxyl groups is 1. The largest absolute Gasteiger partial charge is 0.508 e. The minimum atomic E-state index is 0.171. The molecule has 0 bridgehead atoms. The summed E-state index contributed by atoms with van der Waals surface area (Å²) in [4.78, 5) is 18.5. The lowest BCUT2D eigenvalue weighted by molar-refractivity contribution is 0.0588. The first-order valence-corrected chi connectivity index (χ1v) is 13.5. The molecule has 1 aliphatic heterocycles. The van der Waals surface area contributed by atoms with Crippen LogP contribution in [0.25, 0.3) is 0 Å². The molecule has 1 N–H and O–H groups in total. The molecule has 2 aliphatic rings. The minimum Gasteiger partial charge on any atom is -0.508 e. The number of likely N-dealkylation sites (tertiary alicyclic amines) is 1. The monoisotopic (exact) mass is 482 g/mol. The number of phenolic OH excluding ortho intramolecular Hbond substituents is 1. The second-order valence-electron chi connectivity index (χ2n) is 10.7. The lowest BCUT2D eigenvalue weighted by Gasteiger charge is -2.37. The normalized spacial score (nSPS) is 20.9. The number of benzene rings is 3. The molecule has 5 rings (SSSR count). The number of para-hydroxylation sites is 1. The molecule has 0 aromatic heterocycles. The summed E-state index contributed by atoms with van der Waals surface area (Å²) >= 11 is 0. The van der Waals surface area contributed by atoms with Gasteiger partial charge in [-0.05, 0) is 55.0 Å². The molecule has 0 spiro atoms. The molecule has 4 nitrogen and oxygen atoms in total. The van der Waals surface area contributed by atoms with Gasteiger partial charge in [-0.2, -0.15) is 0 Å². The molecule has 36 heavy (non-hydrogen) atoms. The number of aryl methyl sites for hydroxylation is 1. The van der Waals surface area contributed by atoms with Gasteiger partial charge in [0.05, 0.1) is 0 Å². The molecule has 1 heterocycles. The van der Waals surface area contributed by atoms with Crippen LogP contribution in [0.5, 0.6) is 5.75 Å². The van der Waals surface area contributed by atoms with Gasteiger partial charge in [0.25, 0.3) is 5.91 Å². The van der Waals surface area contributed by atoms with Gasteiger partial charge in [0.15, 0.2) is 0 Å². The van der Waals surface area contributed by atoms with Gasteiger partial charge in [-0.15, -0.1) is 0 Å². The van der Waals surface area contributed by atoms with Crippen LogP contribution in [-0.2, 0) is 6.54 Å². The van der Waals surface area contributed by atoms with E-state index in [1.807, 2.05) is 48.5 Å². The molecule has 1 saturated carbocycles. The Morgan fingerprint density at radius 2 is 1.58 bits per heavy atom. The van der Waals surface area contributed by atoms with Crippen molar-refractivity contribution in [2.75, 3.05) is 19.6 Å². The van der Waals surface area contributed by atoms with Crippen LogP contribution in [0.15, 0.2) is 78.9 Å². The highest BCUT2D eigenvalue weighted by atomic mass is 16.3. The minimum absolute atomic E-state index is 0.171. The highest BCUT2D eigenvalue weighted by Crippen LogP contribution is 2.37. The maximum atomic E-state index is 13.8. The summed E-state index contributed by atoms with van der Waals surface area (Å²) in [5, 5.41) is 10.4. The summed E-state index contributed by atoms with van der Waals surface area (Å²) < 4.78 is 0. The molecule has 3 aromatic carbocycles. The summed E-state index contributed by atoms with van der Waals surface area (Å²) in [5.74, 6) is 1.22. The average Bonchev–Trinajstić information content (AvgIpc) is 3.31. The number of nitrogens with zero attached hydrogens (tertiary/aromatic N) is 2. The van der Waals surface area contributed by atoms with E-state index in [1.165, 1.54) is 30.4 Å². The Hall–Kier alpha value is -3.11. The Bertz CT molecular complexity index is 1160. The van der Waals surface area contributed by atoms with Crippen molar-refractivity contribution < 1.29 is 9.90 Å². The van der Waals surface area contributed by atoms with Gasteiger partial charge in [-0.1, -0.05) is 79.9 Å². The number of amides is 1. The first-order valence-electron chi connectivity index (χ1n) is 13.5. The molecule has 0 unspecified atom stereocenters. The zero-order valence-corrected chi connectivity index (χ0v) is 21.4. The van der Waals surface area contributed by atoms with Crippen LogP contribution in [0.4, 0.5) is 0 Å². The third-order valence-corrected chi connectivity index (χ3v) is 8.22. The van der Waals surface area contributed by atoms with Crippen LogP contribution in [-0.4, -0.2) is 46.5 Å². The summed E-state index contributed by atoms with van der Waals surface area (Å²) in [6.45, 7) is 5.54. The lowest BCUT2D eigenvalue weighted by atomic mass is 9.85. The van der Waals surface area contributed by atoms with E-state index in [0.717, 1.165) is 50.1 Å². The van der Waals surface area contributed by atoms with E-state index in [4.69, 9.17) is 0 Å². The predicted molar refractivity (Wildman–Crippen MR) is 145 cm³/mol. The first kappa shape index (κ1) is 24.6.